The summed E-state index contributed by atoms with van der Waals surface area (Å²) in [6, 6.07) is 0. The van der Waals surface area contributed by atoms with Gasteiger partial charge in [0, 0.05) is 7.11 Å². The van der Waals surface area contributed by atoms with Gasteiger partial charge in [0.05, 0.1) is 6.10 Å². The van der Waals surface area contributed by atoms with Gasteiger partial charge < -0.3 is 4.74 Å². The maximum absolute atomic E-state index is 5.54. The minimum Gasteiger partial charge on any atom is -0.381 e. The molecule has 0 aromatic carbocycles. The Morgan fingerprint density at radius 2 is 1.69 bits per heavy atom. The highest BCUT2D eigenvalue weighted by atomic mass is 16.5. The summed E-state index contributed by atoms with van der Waals surface area (Å²) in [6.07, 6.45) is 5.46. The van der Waals surface area contributed by atoms with Gasteiger partial charge in [-0.15, -0.1) is 0 Å². The van der Waals surface area contributed by atoms with Crippen molar-refractivity contribution in [2.45, 2.75) is 59.5 Å². The number of hydrogen-bond acceptors (Lipinski definition) is 1. The van der Waals surface area contributed by atoms with Crippen LogP contribution in [0.3, 0.4) is 0 Å². The maximum atomic E-state index is 5.54. The van der Waals surface area contributed by atoms with E-state index < -0.39 is 0 Å². The molecule has 13 heavy (non-hydrogen) atoms. The summed E-state index contributed by atoms with van der Waals surface area (Å²) in [6.45, 7) is 9.11. The molecule has 0 heterocycles. The quantitative estimate of drug-likeness (QED) is 0.586. The van der Waals surface area contributed by atoms with Gasteiger partial charge >= 0.3 is 0 Å². The SMILES string of the molecule is CCCC(C(C)CC)C(CC)OC. The van der Waals surface area contributed by atoms with Gasteiger partial charge in [-0.1, -0.05) is 40.5 Å². The fourth-order valence-electron chi connectivity index (χ4n) is 2.12. The minimum atomic E-state index is 0.467. The average molecular weight is 186 g/mol. The first-order valence-corrected chi connectivity index (χ1v) is 5.73. The number of ether oxygens (including phenoxy) is 1. The van der Waals surface area contributed by atoms with Crippen molar-refractivity contribution in [3.8, 4) is 0 Å². The summed E-state index contributed by atoms with van der Waals surface area (Å²) in [7, 11) is 1.85. The molecule has 1 nitrogen and oxygen atoms in total. The van der Waals surface area contributed by atoms with E-state index >= 15 is 0 Å². The van der Waals surface area contributed by atoms with Crippen molar-refractivity contribution in [3.05, 3.63) is 0 Å². The second-order valence-electron chi connectivity index (χ2n) is 4.02. The molecular weight excluding hydrogens is 160 g/mol. The summed E-state index contributed by atoms with van der Waals surface area (Å²) in [5.41, 5.74) is 0. The van der Waals surface area contributed by atoms with Gasteiger partial charge in [-0.2, -0.15) is 0 Å². The summed E-state index contributed by atoms with van der Waals surface area (Å²) >= 11 is 0. The first-order chi connectivity index (χ1) is 6.21. The Labute approximate surface area is 83.9 Å². The lowest BCUT2D eigenvalue weighted by Gasteiger charge is -2.29. The smallest absolute Gasteiger partial charge is 0.0599 e. The topological polar surface area (TPSA) is 9.23 Å². The zero-order valence-corrected chi connectivity index (χ0v) is 9.97. The maximum Gasteiger partial charge on any atom is 0.0599 e. The highest BCUT2D eigenvalue weighted by Crippen LogP contribution is 2.27. The Balaban J connectivity index is 4.19. The van der Waals surface area contributed by atoms with Crippen molar-refractivity contribution in [3.63, 3.8) is 0 Å². The van der Waals surface area contributed by atoms with Gasteiger partial charge in [0.15, 0.2) is 0 Å². The lowest BCUT2D eigenvalue weighted by Crippen LogP contribution is -2.27. The van der Waals surface area contributed by atoms with E-state index in [0.29, 0.717) is 6.10 Å². The highest BCUT2D eigenvalue weighted by molar-refractivity contribution is 4.73. The fraction of sp³-hybridized carbons (Fsp3) is 1.00. The Kier molecular flexibility index (Phi) is 7.35. The third-order valence-electron chi connectivity index (χ3n) is 3.18. The second kappa shape index (κ2) is 7.37. The van der Waals surface area contributed by atoms with E-state index in [2.05, 4.69) is 27.7 Å². The number of methoxy groups -OCH3 is 1. The average Bonchev–Trinajstić information content (AvgIpc) is 2.17. The van der Waals surface area contributed by atoms with E-state index in [1.807, 2.05) is 7.11 Å². The zero-order valence-electron chi connectivity index (χ0n) is 9.97. The molecule has 0 aromatic rings. The molecule has 3 atom stereocenters. The summed E-state index contributed by atoms with van der Waals surface area (Å²) in [5.74, 6) is 1.55. The molecule has 0 saturated heterocycles. The lowest BCUT2D eigenvalue weighted by atomic mass is 9.83. The van der Waals surface area contributed by atoms with Gasteiger partial charge in [-0.25, -0.2) is 0 Å². The van der Waals surface area contributed by atoms with Crippen LogP contribution in [0.5, 0.6) is 0 Å². The molecule has 0 fully saturated rings. The second-order valence-corrected chi connectivity index (χ2v) is 4.02. The Morgan fingerprint density at radius 1 is 1.08 bits per heavy atom. The van der Waals surface area contributed by atoms with Gasteiger partial charge in [-0.05, 0) is 24.7 Å². The molecule has 0 bridgehead atoms. The van der Waals surface area contributed by atoms with Crippen LogP contribution in [0.15, 0.2) is 0 Å². The molecule has 0 spiro atoms. The normalized spacial score (nSPS) is 18.2. The van der Waals surface area contributed by atoms with Crippen LogP contribution in [0.2, 0.25) is 0 Å². The van der Waals surface area contributed by atoms with Crippen LogP contribution in [-0.2, 0) is 4.74 Å². The van der Waals surface area contributed by atoms with Crippen molar-refractivity contribution >= 4 is 0 Å². The minimum absolute atomic E-state index is 0.467. The third-order valence-corrected chi connectivity index (χ3v) is 3.18. The molecule has 3 unspecified atom stereocenters. The van der Waals surface area contributed by atoms with Crippen LogP contribution in [0.25, 0.3) is 0 Å². The summed E-state index contributed by atoms with van der Waals surface area (Å²) in [5, 5.41) is 0. The van der Waals surface area contributed by atoms with Gasteiger partial charge in [0.25, 0.3) is 0 Å². The summed E-state index contributed by atoms with van der Waals surface area (Å²) < 4.78 is 5.54. The van der Waals surface area contributed by atoms with E-state index in [1.54, 1.807) is 0 Å². The van der Waals surface area contributed by atoms with E-state index in [4.69, 9.17) is 4.74 Å². The molecule has 0 aromatic heterocycles. The van der Waals surface area contributed by atoms with Gasteiger partial charge in [-0.3, -0.25) is 0 Å². The molecule has 0 aliphatic carbocycles. The van der Waals surface area contributed by atoms with Gasteiger partial charge in [0.1, 0.15) is 0 Å². The molecule has 0 rings (SSSR count). The zero-order chi connectivity index (χ0) is 10.3. The molecule has 0 saturated carbocycles. The molecule has 1 heteroatoms. The van der Waals surface area contributed by atoms with Crippen LogP contribution in [0.1, 0.15) is 53.4 Å². The van der Waals surface area contributed by atoms with Crippen molar-refractivity contribution in [2.75, 3.05) is 7.11 Å². The molecular formula is C12H26O. The Bertz CT molecular complexity index is 108. The van der Waals surface area contributed by atoms with Gasteiger partial charge in [0.2, 0.25) is 0 Å². The molecule has 80 valence electrons. The lowest BCUT2D eigenvalue weighted by molar-refractivity contribution is 0.0223. The molecule has 0 aliphatic rings. The molecule has 0 amide bonds. The summed E-state index contributed by atoms with van der Waals surface area (Å²) in [4.78, 5) is 0. The first kappa shape index (κ1) is 13.0. The third kappa shape index (κ3) is 4.12. The Morgan fingerprint density at radius 3 is 2.00 bits per heavy atom. The predicted molar refractivity (Wildman–Crippen MR) is 58.9 cm³/mol. The van der Waals surface area contributed by atoms with Crippen LogP contribution in [0.4, 0.5) is 0 Å². The van der Waals surface area contributed by atoms with Crippen LogP contribution in [-0.4, -0.2) is 13.2 Å². The molecule has 0 aliphatic heterocycles. The van der Waals surface area contributed by atoms with Crippen molar-refractivity contribution in [1.29, 1.82) is 0 Å². The van der Waals surface area contributed by atoms with E-state index in [9.17, 15) is 0 Å². The van der Waals surface area contributed by atoms with Crippen molar-refractivity contribution in [2.24, 2.45) is 11.8 Å². The highest BCUT2D eigenvalue weighted by Gasteiger charge is 2.23. The van der Waals surface area contributed by atoms with Crippen molar-refractivity contribution < 1.29 is 4.74 Å². The van der Waals surface area contributed by atoms with Crippen LogP contribution >= 0.6 is 0 Å². The van der Waals surface area contributed by atoms with E-state index in [-0.39, 0.29) is 0 Å². The van der Waals surface area contributed by atoms with Crippen LogP contribution < -0.4 is 0 Å². The molecule has 0 radical (unpaired) electrons. The first-order valence-electron chi connectivity index (χ1n) is 5.73. The number of rotatable bonds is 7. The van der Waals surface area contributed by atoms with Crippen molar-refractivity contribution in [1.82, 2.24) is 0 Å². The fourth-order valence-corrected chi connectivity index (χ4v) is 2.12. The molecule has 0 N–H and O–H groups in total. The number of hydrogen-bond donors (Lipinski definition) is 0. The van der Waals surface area contributed by atoms with Crippen LogP contribution in [0, 0.1) is 11.8 Å². The van der Waals surface area contributed by atoms with E-state index in [1.165, 1.54) is 19.3 Å². The largest absolute Gasteiger partial charge is 0.381 e. The Hall–Kier alpha value is -0.0400. The standard InChI is InChI=1S/C12H26O/c1-6-9-11(10(4)7-2)12(8-3)13-5/h10-12H,6-9H2,1-5H3. The predicted octanol–water partition coefficient (Wildman–Crippen LogP) is 3.87. The monoisotopic (exact) mass is 186 g/mol. The van der Waals surface area contributed by atoms with E-state index in [0.717, 1.165) is 18.3 Å².